The number of benzene rings is 1. The zero-order chi connectivity index (χ0) is 20.3. The highest BCUT2D eigenvalue weighted by Crippen LogP contribution is 2.36. The third-order valence-corrected chi connectivity index (χ3v) is 5.84. The number of imide groups is 1. The molecule has 1 unspecified atom stereocenters. The summed E-state index contributed by atoms with van der Waals surface area (Å²) in [6, 6.07) is 5.58. The molecule has 1 aliphatic carbocycles. The quantitative estimate of drug-likeness (QED) is 0.693. The van der Waals surface area contributed by atoms with Crippen LogP contribution in [0.3, 0.4) is 0 Å². The van der Waals surface area contributed by atoms with Crippen molar-refractivity contribution in [2.75, 3.05) is 27.4 Å². The Morgan fingerprint density at radius 2 is 1.96 bits per heavy atom. The lowest BCUT2D eigenvalue weighted by Crippen LogP contribution is -3.09. The van der Waals surface area contributed by atoms with Crippen LogP contribution >= 0.6 is 0 Å². The second-order valence-corrected chi connectivity index (χ2v) is 8.14. The third-order valence-electron chi connectivity index (χ3n) is 5.84. The summed E-state index contributed by atoms with van der Waals surface area (Å²) in [5.74, 6) is 1.96. The molecule has 1 saturated heterocycles. The molecule has 28 heavy (non-hydrogen) atoms. The van der Waals surface area contributed by atoms with Crippen molar-refractivity contribution in [1.82, 2.24) is 10.2 Å². The average molecular weight is 391 g/mol. The van der Waals surface area contributed by atoms with Crippen LogP contribution in [0.4, 0.5) is 4.79 Å². The van der Waals surface area contributed by atoms with Gasteiger partial charge in [0.15, 0.2) is 18.2 Å². The van der Waals surface area contributed by atoms with E-state index >= 15 is 0 Å². The summed E-state index contributed by atoms with van der Waals surface area (Å²) in [6.45, 7) is 5.73. The molecular weight excluding hydrogens is 358 g/mol. The van der Waals surface area contributed by atoms with Crippen molar-refractivity contribution in [3.63, 3.8) is 0 Å². The fourth-order valence-electron chi connectivity index (χ4n) is 4.18. The molecule has 1 heterocycles. The normalized spacial score (nSPS) is 25.7. The molecular formula is C21H32N3O4+. The molecule has 154 valence electrons. The number of carbonyl (C=O) groups is 2. The molecule has 1 aliphatic heterocycles. The van der Waals surface area contributed by atoms with E-state index in [0.717, 1.165) is 36.1 Å². The molecule has 3 amide bonds. The number of ether oxygens (including phenoxy) is 2. The predicted octanol–water partition coefficient (Wildman–Crippen LogP) is 1.57. The standard InChI is InChI=1S/C21H31N3O4/c1-5-28-17-7-6-16(12-18(17)27-4)13-23(3)14-24-19(25)21(22-20(24)26)10-8-15(2)9-11-21/h6-7,12,15H,5,8-11,13-14H2,1-4H3,(H,22,26)/p+1. The molecule has 3 rings (SSSR count). The lowest BCUT2D eigenvalue weighted by Gasteiger charge is -2.33. The van der Waals surface area contributed by atoms with Gasteiger partial charge in [-0.2, -0.15) is 0 Å². The van der Waals surface area contributed by atoms with Crippen molar-refractivity contribution in [1.29, 1.82) is 0 Å². The van der Waals surface area contributed by atoms with E-state index in [0.29, 0.717) is 37.2 Å². The van der Waals surface area contributed by atoms with Gasteiger partial charge in [-0.25, -0.2) is 9.69 Å². The van der Waals surface area contributed by atoms with Gasteiger partial charge in [0.2, 0.25) is 0 Å². The molecule has 2 N–H and O–H groups in total. The highest BCUT2D eigenvalue weighted by Gasteiger charge is 2.52. The predicted molar refractivity (Wildman–Crippen MR) is 105 cm³/mol. The van der Waals surface area contributed by atoms with Gasteiger partial charge in [-0.1, -0.05) is 6.92 Å². The topological polar surface area (TPSA) is 72.3 Å². The van der Waals surface area contributed by atoms with Gasteiger partial charge in [-0.15, -0.1) is 0 Å². The van der Waals surface area contributed by atoms with E-state index in [9.17, 15) is 9.59 Å². The summed E-state index contributed by atoms with van der Waals surface area (Å²) >= 11 is 0. The summed E-state index contributed by atoms with van der Waals surface area (Å²) < 4.78 is 11.0. The molecule has 1 aromatic rings. The molecule has 7 nitrogen and oxygen atoms in total. The van der Waals surface area contributed by atoms with Crippen LogP contribution in [-0.4, -0.2) is 49.8 Å². The lowest BCUT2D eigenvalue weighted by atomic mass is 9.77. The van der Waals surface area contributed by atoms with Crippen molar-refractivity contribution in [2.24, 2.45) is 5.92 Å². The SMILES string of the molecule is CCOc1ccc(C[NH+](C)CN2C(=O)NC3(CCC(C)CC3)C2=O)cc1OC. The number of nitrogens with one attached hydrogen (secondary N) is 2. The van der Waals surface area contributed by atoms with Gasteiger partial charge in [0.1, 0.15) is 12.1 Å². The monoisotopic (exact) mass is 390 g/mol. The van der Waals surface area contributed by atoms with Crippen LogP contribution in [0.2, 0.25) is 0 Å². The van der Waals surface area contributed by atoms with Gasteiger partial charge in [0.05, 0.1) is 20.8 Å². The number of hydrogen-bond donors (Lipinski definition) is 2. The van der Waals surface area contributed by atoms with E-state index in [1.165, 1.54) is 4.90 Å². The summed E-state index contributed by atoms with van der Waals surface area (Å²) in [5, 5.41) is 2.99. The highest BCUT2D eigenvalue weighted by atomic mass is 16.5. The van der Waals surface area contributed by atoms with Crippen molar-refractivity contribution in [2.45, 2.75) is 51.6 Å². The van der Waals surface area contributed by atoms with Crippen LogP contribution in [0.5, 0.6) is 11.5 Å². The van der Waals surface area contributed by atoms with Gasteiger partial charge in [0, 0.05) is 5.56 Å². The van der Waals surface area contributed by atoms with E-state index in [1.807, 2.05) is 32.2 Å². The summed E-state index contributed by atoms with van der Waals surface area (Å²) in [7, 11) is 3.60. The third kappa shape index (κ3) is 4.09. The molecule has 1 saturated carbocycles. The number of hydrogen-bond acceptors (Lipinski definition) is 4. The summed E-state index contributed by atoms with van der Waals surface area (Å²) in [6.07, 6.45) is 3.44. The Morgan fingerprint density at radius 1 is 1.25 bits per heavy atom. The van der Waals surface area contributed by atoms with E-state index in [4.69, 9.17) is 9.47 Å². The van der Waals surface area contributed by atoms with Gasteiger partial charge < -0.3 is 19.7 Å². The number of amides is 3. The van der Waals surface area contributed by atoms with E-state index in [2.05, 4.69) is 12.2 Å². The molecule has 7 heteroatoms. The Kier molecular flexibility index (Phi) is 6.13. The Morgan fingerprint density at radius 3 is 2.61 bits per heavy atom. The largest absolute Gasteiger partial charge is 0.493 e. The molecule has 1 spiro atoms. The van der Waals surface area contributed by atoms with Crippen LogP contribution in [0.25, 0.3) is 0 Å². The second kappa shape index (κ2) is 8.39. The Bertz CT molecular complexity index is 728. The van der Waals surface area contributed by atoms with Crippen LogP contribution < -0.4 is 19.7 Å². The van der Waals surface area contributed by atoms with E-state index < -0.39 is 5.54 Å². The van der Waals surface area contributed by atoms with E-state index in [-0.39, 0.29) is 11.9 Å². The number of nitrogens with zero attached hydrogens (tertiary/aromatic N) is 1. The van der Waals surface area contributed by atoms with Crippen LogP contribution in [-0.2, 0) is 11.3 Å². The van der Waals surface area contributed by atoms with Gasteiger partial charge in [0.25, 0.3) is 5.91 Å². The number of urea groups is 1. The van der Waals surface area contributed by atoms with Gasteiger partial charge in [-0.05, 0) is 56.7 Å². The van der Waals surface area contributed by atoms with E-state index in [1.54, 1.807) is 7.11 Å². The fourth-order valence-corrected chi connectivity index (χ4v) is 4.18. The maximum atomic E-state index is 13.0. The van der Waals surface area contributed by atoms with Gasteiger partial charge >= 0.3 is 6.03 Å². The Labute approximate surface area is 167 Å². The first-order chi connectivity index (χ1) is 13.4. The minimum Gasteiger partial charge on any atom is -0.493 e. The molecule has 1 aromatic carbocycles. The molecule has 2 fully saturated rings. The minimum atomic E-state index is -0.674. The maximum absolute atomic E-state index is 13.0. The minimum absolute atomic E-state index is 0.0620. The van der Waals surface area contributed by atoms with Crippen molar-refractivity contribution in [3.05, 3.63) is 23.8 Å². The second-order valence-electron chi connectivity index (χ2n) is 8.14. The first-order valence-electron chi connectivity index (χ1n) is 10.1. The lowest BCUT2D eigenvalue weighted by molar-refractivity contribution is -0.901. The van der Waals surface area contributed by atoms with Crippen molar-refractivity contribution in [3.8, 4) is 11.5 Å². The molecule has 1 atom stereocenters. The summed E-state index contributed by atoms with van der Waals surface area (Å²) in [5.41, 5.74) is 0.387. The number of quaternary nitrogens is 1. The number of carbonyl (C=O) groups excluding carboxylic acids is 2. The van der Waals surface area contributed by atoms with Crippen molar-refractivity contribution >= 4 is 11.9 Å². The van der Waals surface area contributed by atoms with Crippen LogP contribution in [0, 0.1) is 5.92 Å². The van der Waals surface area contributed by atoms with Crippen LogP contribution in [0.1, 0.15) is 45.1 Å². The molecule has 0 aromatic heterocycles. The zero-order valence-corrected chi connectivity index (χ0v) is 17.3. The summed E-state index contributed by atoms with van der Waals surface area (Å²) in [4.78, 5) is 27.9. The first kappa shape index (κ1) is 20.5. The Balaban J connectivity index is 1.64. The number of rotatable bonds is 7. The Hall–Kier alpha value is -2.28. The first-order valence-corrected chi connectivity index (χ1v) is 10.1. The molecule has 0 bridgehead atoms. The zero-order valence-electron chi connectivity index (χ0n) is 17.3. The molecule has 0 radical (unpaired) electrons. The fraction of sp³-hybridized carbons (Fsp3) is 0.619. The molecule has 2 aliphatic rings. The smallest absolute Gasteiger partial charge is 0.329 e. The highest BCUT2D eigenvalue weighted by molar-refractivity contribution is 6.06. The number of methoxy groups -OCH3 is 1. The van der Waals surface area contributed by atoms with Crippen molar-refractivity contribution < 1.29 is 24.0 Å². The maximum Gasteiger partial charge on any atom is 0.329 e. The van der Waals surface area contributed by atoms with Crippen LogP contribution in [0.15, 0.2) is 18.2 Å². The van der Waals surface area contributed by atoms with Gasteiger partial charge in [-0.3, -0.25) is 4.79 Å². The average Bonchev–Trinajstić information content (AvgIpc) is 2.90.